The van der Waals surface area contributed by atoms with Crippen LogP contribution in [0.1, 0.15) is 6.92 Å². The number of thiophene rings is 1. The molecule has 0 saturated carbocycles. The molecule has 12 heteroatoms. The Balaban J connectivity index is 1.55. The summed E-state index contributed by atoms with van der Waals surface area (Å²) in [6, 6.07) is 14.5. The van der Waals surface area contributed by atoms with Gasteiger partial charge in [0.05, 0.1) is 10.0 Å². The Morgan fingerprint density at radius 1 is 1.06 bits per heavy atom. The number of hydrogen-bond acceptors (Lipinski definition) is 7. The number of fused-ring (bicyclic) bond motifs is 1. The van der Waals surface area contributed by atoms with E-state index in [1.807, 2.05) is 17.7 Å². The van der Waals surface area contributed by atoms with Gasteiger partial charge >= 0.3 is 6.03 Å². The zero-order valence-corrected chi connectivity index (χ0v) is 20.1. The minimum absolute atomic E-state index is 0.0910. The summed E-state index contributed by atoms with van der Waals surface area (Å²) in [5, 5.41) is 17.4. The third kappa shape index (κ3) is 4.86. The first kappa shape index (κ1) is 23.6. The Hall–Kier alpha value is -3.54. The number of carbonyl (C=O) groups is 1. The van der Waals surface area contributed by atoms with Crippen LogP contribution in [0.25, 0.3) is 16.5 Å². The van der Waals surface area contributed by atoms with Gasteiger partial charge in [-0.15, -0.1) is 11.3 Å². The van der Waals surface area contributed by atoms with Gasteiger partial charge in [-0.1, -0.05) is 11.6 Å². The maximum atomic E-state index is 12.7. The second kappa shape index (κ2) is 9.37. The van der Waals surface area contributed by atoms with Crippen molar-refractivity contribution >= 4 is 61.1 Å². The van der Waals surface area contributed by atoms with Crippen LogP contribution in [0.4, 0.5) is 16.2 Å². The molecule has 0 aliphatic rings. The molecule has 0 aliphatic heterocycles. The maximum absolute atomic E-state index is 12.7. The molecule has 0 bridgehead atoms. The van der Waals surface area contributed by atoms with E-state index >= 15 is 0 Å². The number of hydrogen-bond donors (Lipinski definition) is 4. The van der Waals surface area contributed by atoms with Gasteiger partial charge in [0.25, 0.3) is 15.6 Å². The molecule has 4 rings (SSSR count). The van der Waals surface area contributed by atoms with Gasteiger partial charge in [-0.2, -0.15) is 0 Å². The van der Waals surface area contributed by atoms with Crippen LogP contribution in [0.15, 0.2) is 69.7 Å². The molecule has 176 valence electrons. The molecule has 4 N–H and O–H groups in total. The molecule has 0 unspecified atom stereocenters. The molecule has 2 aromatic heterocycles. The summed E-state index contributed by atoms with van der Waals surface area (Å²) in [5.41, 5.74) is 1.05. The van der Waals surface area contributed by atoms with Crippen molar-refractivity contribution in [1.82, 2.24) is 9.29 Å². The topological polar surface area (TPSA) is 130 Å². The molecule has 0 radical (unpaired) electrons. The number of halogens is 1. The summed E-state index contributed by atoms with van der Waals surface area (Å²) in [4.78, 5) is 24.9. The van der Waals surface area contributed by atoms with Gasteiger partial charge in [0.1, 0.15) is 4.21 Å². The number of aromatic hydroxyl groups is 1. The normalized spacial score (nSPS) is 11.4. The van der Waals surface area contributed by atoms with Crippen molar-refractivity contribution in [2.45, 2.75) is 11.1 Å². The van der Waals surface area contributed by atoms with Crippen molar-refractivity contribution in [2.24, 2.45) is 0 Å². The fraction of sp³-hybridized carbons (Fsp3) is 0.0909. The molecule has 0 atom stereocenters. The molecule has 9 nitrogen and oxygen atoms in total. The highest BCUT2D eigenvalue weighted by Crippen LogP contribution is 2.28. The number of pyridine rings is 1. The fourth-order valence-electron chi connectivity index (χ4n) is 3.34. The highest BCUT2D eigenvalue weighted by molar-refractivity contribution is 7.92. The lowest BCUT2D eigenvalue weighted by Crippen LogP contribution is -2.33. The number of nitrogens with one attached hydrogen (secondary N) is 3. The van der Waals surface area contributed by atoms with Gasteiger partial charge in [0, 0.05) is 29.4 Å². The molecule has 4 aromatic rings. The Morgan fingerprint density at radius 2 is 1.76 bits per heavy atom. The lowest BCUT2D eigenvalue weighted by atomic mass is 10.1. The number of benzene rings is 2. The monoisotopic (exact) mass is 518 g/mol. The number of rotatable bonds is 6. The summed E-state index contributed by atoms with van der Waals surface area (Å²) >= 11 is 6.58. The average molecular weight is 519 g/mol. The third-order valence-electron chi connectivity index (χ3n) is 4.81. The maximum Gasteiger partial charge on any atom is 0.333 e. The first-order valence-electron chi connectivity index (χ1n) is 10.00. The molecule has 34 heavy (non-hydrogen) atoms. The SMILES string of the molecule is CCNc1ccc2c(O)n(-c3ccc(NC(=O)NS(=O)(=O)c4ccc(Cl)s4)cc3)c(=O)cc2c1. The van der Waals surface area contributed by atoms with Gasteiger partial charge in [-0.3, -0.25) is 4.79 Å². The number of amides is 2. The van der Waals surface area contributed by atoms with Gasteiger partial charge < -0.3 is 15.7 Å². The van der Waals surface area contributed by atoms with E-state index in [0.717, 1.165) is 28.1 Å². The van der Waals surface area contributed by atoms with E-state index in [0.29, 0.717) is 16.5 Å². The van der Waals surface area contributed by atoms with Gasteiger partial charge in [-0.25, -0.2) is 22.5 Å². The van der Waals surface area contributed by atoms with Crippen LogP contribution in [0, 0.1) is 0 Å². The molecule has 0 saturated heterocycles. The zero-order chi connectivity index (χ0) is 24.5. The Bertz CT molecular complexity index is 1550. The second-order valence-electron chi connectivity index (χ2n) is 7.14. The smallest absolute Gasteiger partial charge is 0.333 e. The predicted octanol–water partition coefficient (Wildman–Crippen LogP) is 4.35. The molecule has 2 heterocycles. The predicted molar refractivity (Wildman–Crippen MR) is 134 cm³/mol. The molecule has 0 spiro atoms. The van der Waals surface area contributed by atoms with Gasteiger partial charge in [0.15, 0.2) is 0 Å². The second-order valence-corrected chi connectivity index (χ2v) is 10.8. The van der Waals surface area contributed by atoms with Crippen molar-refractivity contribution in [3.05, 3.63) is 75.4 Å². The van der Waals surface area contributed by atoms with Crippen LogP contribution in [0.5, 0.6) is 5.88 Å². The van der Waals surface area contributed by atoms with E-state index in [1.54, 1.807) is 12.1 Å². The van der Waals surface area contributed by atoms with E-state index < -0.39 is 21.6 Å². The van der Waals surface area contributed by atoms with Crippen molar-refractivity contribution in [3.63, 3.8) is 0 Å². The number of sulfonamides is 1. The first-order chi connectivity index (χ1) is 16.2. The molecular weight excluding hydrogens is 500 g/mol. The zero-order valence-electron chi connectivity index (χ0n) is 17.7. The van der Waals surface area contributed by atoms with E-state index in [2.05, 4.69) is 10.6 Å². The van der Waals surface area contributed by atoms with Crippen molar-refractivity contribution in [3.8, 4) is 11.6 Å². The summed E-state index contributed by atoms with van der Waals surface area (Å²) < 4.78 is 27.7. The average Bonchev–Trinajstić information content (AvgIpc) is 3.22. The summed E-state index contributed by atoms with van der Waals surface area (Å²) in [7, 11) is -4.06. The minimum Gasteiger partial charge on any atom is -0.494 e. The lowest BCUT2D eigenvalue weighted by Gasteiger charge is -2.13. The summed E-state index contributed by atoms with van der Waals surface area (Å²) in [6.45, 7) is 2.68. The van der Waals surface area contributed by atoms with Crippen molar-refractivity contribution in [2.75, 3.05) is 17.2 Å². The Labute approximate surface area is 203 Å². The quantitative estimate of drug-likeness (QED) is 0.300. The van der Waals surface area contributed by atoms with Crippen LogP contribution < -0.4 is 20.9 Å². The highest BCUT2D eigenvalue weighted by Gasteiger charge is 2.20. The minimum atomic E-state index is -4.06. The van der Waals surface area contributed by atoms with Gasteiger partial charge in [-0.05, 0) is 66.9 Å². The first-order valence-corrected chi connectivity index (χ1v) is 12.7. The van der Waals surface area contributed by atoms with Gasteiger partial charge in [0.2, 0.25) is 5.88 Å². The van der Waals surface area contributed by atoms with E-state index in [9.17, 15) is 23.1 Å². The van der Waals surface area contributed by atoms with Crippen LogP contribution >= 0.6 is 22.9 Å². The van der Waals surface area contributed by atoms with Crippen LogP contribution in [0.2, 0.25) is 4.34 Å². The van der Waals surface area contributed by atoms with E-state index in [4.69, 9.17) is 11.6 Å². The van der Waals surface area contributed by atoms with E-state index in [-0.39, 0.29) is 20.1 Å². The fourth-order valence-corrected chi connectivity index (χ4v) is 5.73. The molecule has 0 aliphatic carbocycles. The molecule has 2 amide bonds. The molecule has 2 aromatic carbocycles. The van der Waals surface area contributed by atoms with Crippen LogP contribution in [-0.2, 0) is 10.0 Å². The summed E-state index contributed by atoms with van der Waals surface area (Å²) in [6.07, 6.45) is 0. The van der Waals surface area contributed by atoms with Crippen molar-refractivity contribution in [1.29, 1.82) is 0 Å². The largest absolute Gasteiger partial charge is 0.494 e. The van der Waals surface area contributed by atoms with Crippen LogP contribution in [0.3, 0.4) is 0 Å². The number of urea groups is 1. The Morgan fingerprint density at radius 3 is 2.41 bits per heavy atom. The third-order valence-corrected chi connectivity index (χ3v) is 7.86. The Kier molecular flexibility index (Phi) is 6.51. The molecule has 0 fully saturated rings. The highest BCUT2D eigenvalue weighted by atomic mass is 35.5. The van der Waals surface area contributed by atoms with Crippen LogP contribution in [-0.4, -0.2) is 30.7 Å². The van der Waals surface area contributed by atoms with Crippen molar-refractivity contribution < 1.29 is 18.3 Å². The number of carbonyl (C=O) groups excluding carboxylic acids is 1. The lowest BCUT2D eigenvalue weighted by molar-refractivity contribution is 0.256. The number of anilines is 2. The molecular formula is C22H19ClN4O5S2. The number of nitrogens with zero attached hydrogens (tertiary/aromatic N) is 1. The number of aromatic nitrogens is 1. The van der Waals surface area contributed by atoms with E-state index in [1.165, 1.54) is 42.5 Å². The summed E-state index contributed by atoms with van der Waals surface area (Å²) in [5.74, 6) is -0.218. The standard InChI is InChI=1S/C22H19ClN4O5S2/c1-2-24-15-5-8-17-13(11-15)12-19(28)27(21(17)29)16-6-3-14(4-7-16)25-22(30)26-34(31,32)20-10-9-18(23)33-20/h3-12,24,29H,2H2,1H3,(H2,25,26,30).